The Morgan fingerprint density at radius 3 is 2.71 bits per heavy atom. The van der Waals surface area contributed by atoms with Crippen LogP contribution in [0.5, 0.6) is 0 Å². The molecule has 1 heterocycles. The smallest absolute Gasteiger partial charge is 0.132 e. The summed E-state index contributed by atoms with van der Waals surface area (Å²) in [5, 5.41) is 0. The number of pyridine rings is 1. The fourth-order valence-electron chi connectivity index (χ4n) is 2.02. The Bertz CT molecular complexity index is 297. The standard InChI is InChI=1S/C12H15NO/c14-12-6-4-10(5-7-12)9-11-3-1-2-8-13-11/h1-3,8,10H,4-7,9H2. The number of carbonyl (C=O) groups is 1. The number of carbonyl (C=O) groups excluding carboxylic acids is 1. The first-order valence-corrected chi connectivity index (χ1v) is 5.26. The number of nitrogens with zero attached hydrogens (tertiary/aromatic N) is 1. The van der Waals surface area contributed by atoms with Gasteiger partial charge in [-0.05, 0) is 37.3 Å². The second-order valence-electron chi connectivity index (χ2n) is 4.01. The van der Waals surface area contributed by atoms with Crippen LogP contribution in [0.2, 0.25) is 0 Å². The van der Waals surface area contributed by atoms with E-state index in [4.69, 9.17) is 0 Å². The summed E-state index contributed by atoms with van der Waals surface area (Å²) in [4.78, 5) is 15.4. The number of ketones is 1. The molecule has 1 aliphatic carbocycles. The summed E-state index contributed by atoms with van der Waals surface area (Å²) in [5.74, 6) is 1.10. The van der Waals surface area contributed by atoms with E-state index in [0.29, 0.717) is 11.7 Å². The number of rotatable bonds is 2. The topological polar surface area (TPSA) is 30.0 Å². The summed E-state index contributed by atoms with van der Waals surface area (Å²) in [6.07, 6.45) is 6.53. The van der Waals surface area contributed by atoms with E-state index in [2.05, 4.69) is 11.1 Å². The van der Waals surface area contributed by atoms with Gasteiger partial charge >= 0.3 is 0 Å². The third-order valence-electron chi connectivity index (χ3n) is 2.89. The van der Waals surface area contributed by atoms with Crippen LogP contribution in [-0.2, 0) is 11.2 Å². The van der Waals surface area contributed by atoms with Crippen LogP contribution >= 0.6 is 0 Å². The van der Waals surface area contributed by atoms with Gasteiger partial charge < -0.3 is 0 Å². The molecule has 14 heavy (non-hydrogen) atoms. The van der Waals surface area contributed by atoms with Gasteiger partial charge in [-0.2, -0.15) is 0 Å². The first-order chi connectivity index (χ1) is 6.84. The maximum atomic E-state index is 11.0. The second-order valence-corrected chi connectivity index (χ2v) is 4.01. The van der Waals surface area contributed by atoms with Crippen LogP contribution in [0.1, 0.15) is 31.4 Å². The lowest BCUT2D eigenvalue weighted by Gasteiger charge is -2.20. The van der Waals surface area contributed by atoms with Crippen molar-refractivity contribution in [2.24, 2.45) is 5.92 Å². The zero-order chi connectivity index (χ0) is 9.80. The van der Waals surface area contributed by atoms with E-state index in [0.717, 1.165) is 37.8 Å². The van der Waals surface area contributed by atoms with Gasteiger partial charge in [-0.1, -0.05) is 6.07 Å². The number of hydrogen-bond acceptors (Lipinski definition) is 2. The summed E-state index contributed by atoms with van der Waals surface area (Å²) < 4.78 is 0. The molecule has 0 atom stereocenters. The van der Waals surface area contributed by atoms with Crippen molar-refractivity contribution in [1.82, 2.24) is 4.98 Å². The fraction of sp³-hybridized carbons (Fsp3) is 0.500. The maximum absolute atomic E-state index is 11.0. The van der Waals surface area contributed by atoms with Gasteiger partial charge in [-0.15, -0.1) is 0 Å². The van der Waals surface area contributed by atoms with Crippen molar-refractivity contribution in [2.45, 2.75) is 32.1 Å². The molecule has 0 radical (unpaired) electrons. The van der Waals surface area contributed by atoms with Crippen LogP contribution in [-0.4, -0.2) is 10.8 Å². The predicted molar refractivity (Wildman–Crippen MR) is 54.9 cm³/mol. The maximum Gasteiger partial charge on any atom is 0.132 e. The molecule has 1 saturated carbocycles. The lowest BCUT2D eigenvalue weighted by Crippen LogP contribution is -2.16. The highest BCUT2D eigenvalue weighted by Gasteiger charge is 2.18. The molecule has 0 aliphatic heterocycles. The zero-order valence-electron chi connectivity index (χ0n) is 8.28. The second kappa shape index (κ2) is 4.36. The summed E-state index contributed by atoms with van der Waals surface area (Å²) in [7, 11) is 0. The Hall–Kier alpha value is -1.18. The molecule has 74 valence electrons. The Labute approximate surface area is 84.4 Å². The average molecular weight is 189 g/mol. The van der Waals surface area contributed by atoms with Gasteiger partial charge in [0, 0.05) is 24.7 Å². The molecule has 1 aromatic rings. The summed E-state index contributed by atoms with van der Waals surface area (Å²) in [6, 6.07) is 6.03. The molecule has 0 unspecified atom stereocenters. The van der Waals surface area contributed by atoms with Crippen molar-refractivity contribution in [3.63, 3.8) is 0 Å². The Morgan fingerprint density at radius 2 is 2.07 bits per heavy atom. The predicted octanol–water partition coefficient (Wildman–Crippen LogP) is 2.38. The normalized spacial score (nSPS) is 18.4. The number of hydrogen-bond donors (Lipinski definition) is 0. The summed E-state index contributed by atoms with van der Waals surface area (Å²) >= 11 is 0. The molecule has 1 fully saturated rings. The monoisotopic (exact) mass is 189 g/mol. The summed E-state index contributed by atoms with van der Waals surface area (Å²) in [6.45, 7) is 0. The van der Waals surface area contributed by atoms with Gasteiger partial charge in [0.05, 0.1) is 0 Å². The zero-order valence-corrected chi connectivity index (χ0v) is 8.28. The molecule has 1 aromatic heterocycles. The quantitative estimate of drug-likeness (QED) is 0.715. The molecule has 2 heteroatoms. The van der Waals surface area contributed by atoms with Crippen molar-refractivity contribution in [2.75, 3.05) is 0 Å². The van der Waals surface area contributed by atoms with Crippen molar-refractivity contribution in [3.8, 4) is 0 Å². The van der Waals surface area contributed by atoms with E-state index in [-0.39, 0.29) is 0 Å². The van der Waals surface area contributed by atoms with Gasteiger partial charge in [0.25, 0.3) is 0 Å². The molecular weight excluding hydrogens is 174 g/mol. The molecule has 0 spiro atoms. The molecule has 0 amide bonds. The third-order valence-corrected chi connectivity index (χ3v) is 2.89. The molecule has 0 saturated heterocycles. The minimum Gasteiger partial charge on any atom is -0.300 e. The minimum absolute atomic E-state index is 0.433. The van der Waals surface area contributed by atoms with E-state index in [1.54, 1.807) is 0 Å². The first kappa shape index (κ1) is 9.38. The van der Waals surface area contributed by atoms with Crippen LogP contribution < -0.4 is 0 Å². The Balaban J connectivity index is 1.89. The molecule has 0 aromatic carbocycles. The van der Waals surface area contributed by atoms with E-state index < -0.39 is 0 Å². The Morgan fingerprint density at radius 1 is 1.29 bits per heavy atom. The van der Waals surface area contributed by atoms with Crippen molar-refractivity contribution >= 4 is 5.78 Å². The van der Waals surface area contributed by atoms with Gasteiger partial charge in [0.2, 0.25) is 0 Å². The highest BCUT2D eigenvalue weighted by atomic mass is 16.1. The SMILES string of the molecule is O=C1CCC(Cc2ccccn2)CC1. The molecule has 2 nitrogen and oxygen atoms in total. The first-order valence-electron chi connectivity index (χ1n) is 5.26. The molecular formula is C12H15NO. The van der Waals surface area contributed by atoms with E-state index in [1.807, 2.05) is 18.3 Å². The van der Waals surface area contributed by atoms with Crippen molar-refractivity contribution < 1.29 is 4.79 Å². The number of aromatic nitrogens is 1. The van der Waals surface area contributed by atoms with Crippen LogP contribution in [0.3, 0.4) is 0 Å². The highest BCUT2D eigenvalue weighted by Crippen LogP contribution is 2.24. The van der Waals surface area contributed by atoms with Crippen molar-refractivity contribution in [1.29, 1.82) is 0 Å². The lowest BCUT2D eigenvalue weighted by atomic mass is 9.85. The highest BCUT2D eigenvalue weighted by molar-refractivity contribution is 5.79. The summed E-state index contributed by atoms with van der Waals surface area (Å²) in [5.41, 5.74) is 1.16. The molecule has 0 N–H and O–H groups in total. The lowest BCUT2D eigenvalue weighted by molar-refractivity contribution is -0.121. The number of Topliss-reactive ketones (excluding diaryl/α,β-unsaturated/α-hetero) is 1. The molecule has 0 bridgehead atoms. The van der Waals surface area contributed by atoms with Crippen molar-refractivity contribution in [3.05, 3.63) is 30.1 Å². The van der Waals surface area contributed by atoms with Gasteiger partial charge in [-0.25, -0.2) is 0 Å². The largest absolute Gasteiger partial charge is 0.300 e. The minimum atomic E-state index is 0.433. The van der Waals surface area contributed by atoms with Gasteiger partial charge in [0.15, 0.2) is 0 Å². The van der Waals surface area contributed by atoms with E-state index in [9.17, 15) is 4.79 Å². The average Bonchev–Trinajstić information content (AvgIpc) is 2.23. The van der Waals surface area contributed by atoms with Crippen LogP contribution in [0.4, 0.5) is 0 Å². The van der Waals surface area contributed by atoms with Crippen LogP contribution in [0, 0.1) is 5.92 Å². The van der Waals surface area contributed by atoms with Crippen LogP contribution in [0.25, 0.3) is 0 Å². The Kier molecular flexibility index (Phi) is 2.92. The van der Waals surface area contributed by atoms with Gasteiger partial charge in [0.1, 0.15) is 5.78 Å². The molecule has 2 rings (SSSR count). The molecule has 1 aliphatic rings. The third kappa shape index (κ3) is 2.41. The van der Waals surface area contributed by atoms with Crippen LogP contribution in [0.15, 0.2) is 24.4 Å². The van der Waals surface area contributed by atoms with Gasteiger partial charge in [-0.3, -0.25) is 9.78 Å². The fourth-order valence-corrected chi connectivity index (χ4v) is 2.02. The van der Waals surface area contributed by atoms with E-state index >= 15 is 0 Å². The van der Waals surface area contributed by atoms with E-state index in [1.165, 1.54) is 0 Å².